The number of carbonyl (C=O) groups excluding carboxylic acids is 1. The molecule has 0 fully saturated rings. The molecule has 1 aliphatic rings. The Hall–Kier alpha value is -0.380. The second-order valence-electron chi connectivity index (χ2n) is 3.12. The minimum absolute atomic E-state index is 0.310. The molecule has 0 unspecified atom stereocenters. The van der Waals surface area contributed by atoms with Gasteiger partial charge in [0, 0.05) is 15.6 Å². The summed E-state index contributed by atoms with van der Waals surface area (Å²) in [4.78, 5) is 11.3. The number of ketones is 1. The lowest BCUT2D eigenvalue weighted by Crippen LogP contribution is -1.93. The van der Waals surface area contributed by atoms with Crippen LogP contribution in [0.4, 0.5) is 0 Å². The molecule has 62 valence electrons. The molecule has 1 aromatic carbocycles. The molecular formula is C10H9IO. The summed E-state index contributed by atoms with van der Waals surface area (Å²) in [6.45, 7) is 2.10. The maximum absolute atomic E-state index is 11.3. The molecule has 0 saturated carbocycles. The Kier molecular flexibility index (Phi) is 1.94. The fourth-order valence-corrected chi connectivity index (χ4v) is 2.19. The lowest BCUT2D eigenvalue weighted by Gasteiger charge is -2.03. The van der Waals surface area contributed by atoms with E-state index in [2.05, 4.69) is 29.5 Å². The Morgan fingerprint density at radius 1 is 1.33 bits per heavy atom. The van der Waals surface area contributed by atoms with Crippen molar-refractivity contribution in [2.24, 2.45) is 0 Å². The summed E-state index contributed by atoms with van der Waals surface area (Å²) >= 11 is 2.31. The van der Waals surface area contributed by atoms with Gasteiger partial charge >= 0.3 is 0 Å². The van der Waals surface area contributed by atoms with Crippen LogP contribution < -0.4 is 0 Å². The van der Waals surface area contributed by atoms with Gasteiger partial charge in [0.1, 0.15) is 0 Å². The van der Waals surface area contributed by atoms with Crippen LogP contribution in [0.1, 0.15) is 27.9 Å². The lowest BCUT2D eigenvalue weighted by atomic mass is 10.1. The molecular weight excluding hydrogens is 263 g/mol. The highest BCUT2D eigenvalue weighted by atomic mass is 127. The monoisotopic (exact) mass is 272 g/mol. The van der Waals surface area contributed by atoms with E-state index in [9.17, 15) is 4.79 Å². The average molecular weight is 272 g/mol. The number of fused-ring (bicyclic) bond motifs is 1. The first kappa shape index (κ1) is 8.23. The summed E-state index contributed by atoms with van der Waals surface area (Å²) < 4.78 is 1.26. The number of carbonyl (C=O) groups is 1. The number of halogens is 1. The molecule has 0 radical (unpaired) electrons. The largest absolute Gasteiger partial charge is 0.294 e. The van der Waals surface area contributed by atoms with E-state index in [-0.39, 0.29) is 0 Å². The Bertz CT molecular complexity index is 355. The molecule has 0 spiro atoms. The molecule has 0 atom stereocenters. The van der Waals surface area contributed by atoms with E-state index in [1.807, 2.05) is 12.1 Å². The van der Waals surface area contributed by atoms with Crippen LogP contribution in [0.25, 0.3) is 0 Å². The molecule has 0 heterocycles. The molecule has 0 bridgehead atoms. The number of hydrogen-bond donors (Lipinski definition) is 0. The first-order valence-electron chi connectivity index (χ1n) is 4.01. The molecule has 1 aromatic rings. The maximum Gasteiger partial charge on any atom is 0.163 e. The van der Waals surface area contributed by atoms with Crippen LogP contribution in [0, 0.1) is 10.5 Å². The normalized spacial score (nSPS) is 15.0. The molecule has 12 heavy (non-hydrogen) atoms. The van der Waals surface area contributed by atoms with E-state index in [0.29, 0.717) is 12.2 Å². The van der Waals surface area contributed by atoms with Gasteiger partial charge in [-0.2, -0.15) is 0 Å². The van der Waals surface area contributed by atoms with Gasteiger partial charge in [-0.1, -0.05) is 6.07 Å². The molecule has 2 rings (SSSR count). The zero-order chi connectivity index (χ0) is 8.72. The van der Waals surface area contributed by atoms with E-state index in [1.165, 1.54) is 14.7 Å². The molecule has 0 saturated heterocycles. The number of hydrogen-bond acceptors (Lipinski definition) is 1. The third-order valence-corrected chi connectivity index (χ3v) is 3.60. The van der Waals surface area contributed by atoms with E-state index < -0.39 is 0 Å². The lowest BCUT2D eigenvalue weighted by molar-refractivity contribution is 0.0994. The van der Waals surface area contributed by atoms with E-state index >= 15 is 0 Å². The fourth-order valence-electron chi connectivity index (χ4n) is 1.68. The first-order chi connectivity index (χ1) is 5.70. The molecule has 0 aromatic heterocycles. The zero-order valence-corrected chi connectivity index (χ0v) is 9.01. The SMILES string of the molecule is Cc1c(I)ccc2c1CCC2=O. The van der Waals surface area contributed by atoms with Gasteiger partial charge in [0.2, 0.25) is 0 Å². The van der Waals surface area contributed by atoms with Gasteiger partial charge in [0.25, 0.3) is 0 Å². The number of benzene rings is 1. The fraction of sp³-hybridized carbons (Fsp3) is 0.300. The van der Waals surface area contributed by atoms with Gasteiger partial charge in [-0.3, -0.25) is 4.79 Å². The third-order valence-electron chi connectivity index (χ3n) is 2.43. The Balaban J connectivity index is 2.68. The quantitative estimate of drug-likeness (QED) is 0.664. The van der Waals surface area contributed by atoms with Gasteiger partial charge in [-0.15, -0.1) is 0 Å². The highest BCUT2D eigenvalue weighted by Gasteiger charge is 2.21. The molecule has 0 aliphatic heterocycles. The minimum atomic E-state index is 0.310. The highest BCUT2D eigenvalue weighted by molar-refractivity contribution is 14.1. The Morgan fingerprint density at radius 3 is 2.83 bits per heavy atom. The molecule has 2 heteroatoms. The first-order valence-corrected chi connectivity index (χ1v) is 5.09. The second kappa shape index (κ2) is 2.83. The summed E-state index contributed by atoms with van der Waals surface area (Å²) in [6.07, 6.45) is 1.65. The van der Waals surface area contributed by atoms with Crippen LogP contribution in [0.5, 0.6) is 0 Å². The van der Waals surface area contributed by atoms with Crippen molar-refractivity contribution in [3.8, 4) is 0 Å². The summed E-state index contributed by atoms with van der Waals surface area (Å²) in [7, 11) is 0. The van der Waals surface area contributed by atoms with Gasteiger partial charge in [0.05, 0.1) is 0 Å². The predicted molar refractivity (Wildman–Crippen MR) is 56.5 cm³/mol. The van der Waals surface area contributed by atoms with Crippen molar-refractivity contribution in [1.82, 2.24) is 0 Å². The number of rotatable bonds is 0. The highest BCUT2D eigenvalue weighted by Crippen LogP contribution is 2.27. The van der Waals surface area contributed by atoms with Crippen LogP contribution in [-0.4, -0.2) is 5.78 Å². The van der Waals surface area contributed by atoms with Crippen molar-refractivity contribution in [1.29, 1.82) is 0 Å². The third kappa shape index (κ3) is 1.09. The zero-order valence-electron chi connectivity index (χ0n) is 6.86. The molecule has 0 amide bonds. The average Bonchev–Trinajstić information content (AvgIpc) is 2.41. The van der Waals surface area contributed by atoms with E-state index in [1.54, 1.807) is 0 Å². The Morgan fingerprint density at radius 2 is 2.08 bits per heavy atom. The smallest absolute Gasteiger partial charge is 0.163 e. The predicted octanol–water partition coefficient (Wildman–Crippen LogP) is 2.73. The van der Waals surface area contributed by atoms with Gasteiger partial charge in [-0.25, -0.2) is 0 Å². The number of Topliss-reactive ketones (excluding diaryl/α,β-unsaturated/α-hetero) is 1. The van der Waals surface area contributed by atoms with Crippen molar-refractivity contribution in [2.45, 2.75) is 19.8 Å². The van der Waals surface area contributed by atoms with Crippen LogP contribution in [0.3, 0.4) is 0 Å². The van der Waals surface area contributed by atoms with E-state index in [0.717, 1.165) is 12.0 Å². The van der Waals surface area contributed by atoms with Crippen LogP contribution >= 0.6 is 22.6 Å². The molecule has 0 N–H and O–H groups in total. The van der Waals surface area contributed by atoms with Gasteiger partial charge in [0.15, 0.2) is 5.78 Å². The van der Waals surface area contributed by atoms with Crippen molar-refractivity contribution in [2.75, 3.05) is 0 Å². The van der Waals surface area contributed by atoms with Gasteiger partial charge < -0.3 is 0 Å². The Labute approximate surface area is 85.3 Å². The van der Waals surface area contributed by atoms with Crippen molar-refractivity contribution in [3.63, 3.8) is 0 Å². The van der Waals surface area contributed by atoms with E-state index in [4.69, 9.17) is 0 Å². The van der Waals surface area contributed by atoms with Crippen LogP contribution in [-0.2, 0) is 6.42 Å². The van der Waals surface area contributed by atoms with Crippen LogP contribution in [0.15, 0.2) is 12.1 Å². The molecule has 1 aliphatic carbocycles. The summed E-state index contributed by atoms with van der Waals surface area (Å²) in [6, 6.07) is 3.98. The minimum Gasteiger partial charge on any atom is -0.294 e. The van der Waals surface area contributed by atoms with Crippen molar-refractivity contribution >= 4 is 28.4 Å². The van der Waals surface area contributed by atoms with Crippen molar-refractivity contribution < 1.29 is 4.79 Å². The van der Waals surface area contributed by atoms with Gasteiger partial charge in [-0.05, 0) is 53.1 Å². The molecule has 1 nitrogen and oxygen atoms in total. The topological polar surface area (TPSA) is 17.1 Å². The summed E-state index contributed by atoms with van der Waals surface area (Å²) in [5.74, 6) is 0.310. The standard InChI is InChI=1S/C10H9IO/c1-6-7-3-5-10(12)8(7)2-4-9(6)11/h2,4H,3,5H2,1H3. The summed E-state index contributed by atoms with van der Waals surface area (Å²) in [5, 5.41) is 0. The second-order valence-corrected chi connectivity index (χ2v) is 4.28. The summed E-state index contributed by atoms with van der Waals surface area (Å²) in [5.41, 5.74) is 3.51. The van der Waals surface area contributed by atoms with Crippen molar-refractivity contribution in [3.05, 3.63) is 32.4 Å². The van der Waals surface area contributed by atoms with Crippen LogP contribution in [0.2, 0.25) is 0 Å². The maximum atomic E-state index is 11.3.